The van der Waals surface area contributed by atoms with Gasteiger partial charge in [0.15, 0.2) is 9.92 Å². The molecule has 0 aliphatic rings. The third-order valence-electron chi connectivity index (χ3n) is 0.813. The van der Waals surface area contributed by atoms with Crippen molar-refractivity contribution in [3.05, 3.63) is 18.5 Å². The van der Waals surface area contributed by atoms with Crippen molar-refractivity contribution in [1.29, 1.82) is 4.78 Å². The fourth-order valence-corrected chi connectivity index (χ4v) is 0.877. The minimum atomic E-state index is -3.23. The van der Waals surface area contributed by atoms with Gasteiger partial charge in [-0.05, 0) is 6.07 Å². The SMILES string of the molecule is N=S(N)(=O)c1ncccn1. The lowest BCUT2D eigenvalue weighted by Crippen LogP contribution is -2.13. The summed E-state index contributed by atoms with van der Waals surface area (Å²) < 4.78 is 17.6. The second kappa shape index (κ2) is 2.31. The number of rotatable bonds is 1. The molecule has 0 aliphatic carbocycles. The fraction of sp³-hybridized carbons (Fsp3) is 0. The van der Waals surface area contributed by atoms with Gasteiger partial charge in [0, 0.05) is 12.4 Å². The molecule has 0 bridgehead atoms. The Hall–Kier alpha value is -1.01. The molecule has 1 unspecified atom stereocenters. The predicted octanol–water partition coefficient (Wildman–Crippen LogP) is -0.244. The van der Waals surface area contributed by atoms with E-state index in [1.807, 2.05) is 0 Å². The van der Waals surface area contributed by atoms with Crippen LogP contribution in [0.15, 0.2) is 23.6 Å². The molecule has 6 heteroatoms. The Balaban J connectivity index is 3.22. The lowest BCUT2D eigenvalue weighted by atomic mass is 10.7. The Labute approximate surface area is 58.4 Å². The van der Waals surface area contributed by atoms with Crippen molar-refractivity contribution in [1.82, 2.24) is 9.97 Å². The van der Waals surface area contributed by atoms with Gasteiger partial charge in [0.05, 0.1) is 0 Å². The van der Waals surface area contributed by atoms with Gasteiger partial charge in [0.25, 0.3) is 0 Å². The molecule has 5 nitrogen and oxygen atoms in total. The molecule has 0 radical (unpaired) electrons. The molecule has 0 saturated carbocycles. The Morgan fingerprint density at radius 1 is 1.50 bits per heavy atom. The number of hydrogen-bond donors (Lipinski definition) is 2. The molecule has 0 aliphatic heterocycles. The first-order chi connectivity index (χ1) is 4.61. The maximum atomic E-state index is 10.7. The summed E-state index contributed by atoms with van der Waals surface area (Å²) in [4.78, 5) is 7.10. The largest absolute Gasteiger partial charge is 0.241 e. The van der Waals surface area contributed by atoms with Crippen LogP contribution in [0.5, 0.6) is 0 Å². The lowest BCUT2D eigenvalue weighted by molar-refractivity contribution is 0.667. The van der Waals surface area contributed by atoms with Crippen molar-refractivity contribution < 1.29 is 4.21 Å². The van der Waals surface area contributed by atoms with Crippen LogP contribution in [0.25, 0.3) is 0 Å². The predicted molar refractivity (Wildman–Crippen MR) is 35.3 cm³/mol. The highest BCUT2D eigenvalue weighted by molar-refractivity contribution is 7.90. The summed E-state index contributed by atoms with van der Waals surface area (Å²) in [6, 6.07) is 1.56. The van der Waals surface area contributed by atoms with E-state index in [0.717, 1.165) is 0 Å². The molecule has 10 heavy (non-hydrogen) atoms. The molecule has 54 valence electrons. The van der Waals surface area contributed by atoms with E-state index in [1.54, 1.807) is 6.07 Å². The zero-order valence-corrected chi connectivity index (χ0v) is 5.84. The van der Waals surface area contributed by atoms with Gasteiger partial charge < -0.3 is 0 Å². The molecular formula is C4H6N4OS. The number of nitrogens with one attached hydrogen (secondary N) is 1. The normalized spacial score (nSPS) is 16.1. The zero-order chi connectivity index (χ0) is 7.61. The number of nitrogens with zero attached hydrogens (tertiary/aromatic N) is 2. The third-order valence-corrected chi connectivity index (χ3v) is 1.57. The lowest BCUT2D eigenvalue weighted by Gasteiger charge is -1.94. The van der Waals surface area contributed by atoms with Crippen LogP contribution < -0.4 is 5.14 Å². The molecule has 1 aromatic rings. The first-order valence-electron chi connectivity index (χ1n) is 2.44. The molecule has 0 saturated heterocycles. The van der Waals surface area contributed by atoms with E-state index in [2.05, 4.69) is 9.97 Å². The fourth-order valence-electron chi connectivity index (χ4n) is 0.442. The molecule has 1 rings (SSSR count). The van der Waals surface area contributed by atoms with Gasteiger partial charge in [-0.25, -0.2) is 24.1 Å². The van der Waals surface area contributed by atoms with E-state index in [4.69, 9.17) is 9.92 Å². The van der Waals surface area contributed by atoms with Gasteiger partial charge in [0.1, 0.15) is 0 Å². The van der Waals surface area contributed by atoms with Crippen molar-refractivity contribution in [2.24, 2.45) is 5.14 Å². The average molecular weight is 158 g/mol. The summed E-state index contributed by atoms with van der Waals surface area (Å²) >= 11 is 0. The Morgan fingerprint density at radius 2 is 2.00 bits per heavy atom. The Kier molecular flexibility index (Phi) is 1.64. The molecule has 0 spiro atoms. The van der Waals surface area contributed by atoms with Crippen molar-refractivity contribution in [2.45, 2.75) is 5.16 Å². The minimum absolute atomic E-state index is 0.130. The minimum Gasteiger partial charge on any atom is -0.239 e. The molecule has 0 aromatic carbocycles. The summed E-state index contributed by atoms with van der Waals surface area (Å²) in [5.41, 5.74) is 0. The van der Waals surface area contributed by atoms with E-state index in [9.17, 15) is 4.21 Å². The highest BCUT2D eigenvalue weighted by Gasteiger charge is 2.03. The third kappa shape index (κ3) is 1.49. The molecular weight excluding hydrogens is 152 g/mol. The summed E-state index contributed by atoms with van der Waals surface area (Å²) in [6.45, 7) is 0. The Bertz CT molecular complexity index is 305. The topological polar surface area (TPSA) is 92.7 Å². The Morgan fingerprint density at radius 3 is 2.30 bits per heavy atom. The van der Waals surface area contributed by atoms with Crippen LogP contribution in [0, 0.1) is 4.78 Å². The summed E-state index contributed by atoms with van der Waals surface area (Å²) in [7, 11) is -3.23. The standard InChI is InChI=1S/C4H6N4OS/c5-10(6,9)4-7-2-1-3-8-4/h1-3H,(H3,5,6,9). The summed E-state index contributed by atoms with van der Waals surface area (Å²) in [6.07, 6.45) is 2.78. The van der Waals surface area contributed by atoms with Crippen molar-refractivity contribution in [3.8, 4) is 0 Å². The van der Waals surface area contributed by atoms with Crippen LogP contribution >= 0.6 is 0 Å². The van der Waals surface area contributed by atoms with Crippen LogP contribution in [0.4, 0.5) is 0 Å². The van der Waals surface area contributed by atoms with Crippen LogP contribution in [0.3, 0.4) is 0 Å². The molecule has 1 atom stereocenters. The van der Waals surface area contributed by atoms with Crippen LogP contribution in [-0.4, -0.2) is 14.2 Å². The van der Waals surface area contributed by atoms with Gasteiger partial charge in [0.2, 0.25) is 5.16 Å². The van der Waals surface area contributed by atoms with Crippen molar-refractivity contribution in [2.75, 3.05) is 0 Å². The second-order valence-corrected chi connectivity index (χ2v) is 3.20. The molecule has 0 amide bonds. The maximum Gasteiger partial charge on any atom is 0.241 e. The van der Waals surface area contributed by atoms with Gasteiger partial charge in [-0.3, -0.25) is 0 Å². The van der Waals surface area contributed by atoms with Crippen molar-refractivity contribution in [3.63, 3.8) is 0 Å². The summed E-state index contributed by atoms with van der Waals surface area (Å²) in [5, 5.41) is 4.80. The highest BCUT2D eigenvalue weighted by atomic mass is 32.2. The van der Waals surface area contributed by atoms with Gasteiger partial charge >= 0.3 is 0 Å². The maximum absolute atomic E-state index is 10.7. The smallest absolute Gasteiger partial charge is 0.239 e. The number of nitrogens with two attached hydrogens (primary N) is 1. The van der Waals surface area contributed by atoms with Crippen LogP contribution in [0.2, 0.25) is 0 Å². The first kappa shape index (κ1) is 7.10. The second-order valence-electron chi connectivity index (χ2n) is 1.63. The molecule has 1 heterocycles. The molecule has 1 aromatic heterocycles. The van der Waals surface area contributed by atoms with E-state index in [-0.39, 0.29) is 5.16 Å². The number of hydrogen-bond acceptors (Lipinski definition) is 4. The average Bonchev–Trinajstić information content (AvgIpc) is 1.88. The van der Waals surface area contributed by atoms with Gasteiger partial charge in [-0.2, -0.15) is 0 Å². The van der Waals surface area contributed by atoms with E-state index in [1.165, 1.54) is 12.4 Å². The van der Waals surface area contributed by atoms with Crippen molar-refractivity contribution >= 4 is 9.92 Å². The first-order valence-corrected chi connectivity index (χ1v) is 4.06. The molecule has 0 fully saturated rings. The summed E-state index contributed by atoms with van der Waals surface area (Å²) in [5.74, 6) is 0. The van der Waals surface area contributed by atoms with E-state index in [0.29, 0.717) is 0 Å². The van der Waals surface area contributed by atoms with Gasteiger partial charge in [-0.1, -0.05) is 0 Å². The van der Waals surface area contributed by atoms with Crippen LogP contribution in [-0.2, 0) is 9.92 Å². The monoisotopic (exact) mass is 158 g/mol. The van der Waals surface area contributed by atoms with E-state index >= 15 is 0 Å². The zero-order valence-electron chi connectivity index (χ0n) is 5.02. The van der Waals surface area contributed by atoms with Gasteiger partial charge in [-0.15, -0.1) is 0 Å². The van der Waals surface area contributed by atoms with Crippen LogP contribution in [0.1, 0.15) is 0 Å². The highest BCUT2D eigenvalue weighted by Crippen LogP contribution is 1.94. The number of aromatic nitrogens is 2. The van der Waals surface area contributed by atoms with E-state index < -0.39 is 9.92 Å². The molecule has 3 N–H and O–H groups in total. The quantitative estimate of drug-likeness (QED) is 0.552.